The van der Waals surface area contributed by atoms with Crippen molar-refractivity contribution >= 4 is 41.7 Å². The Balaban J connectivity index is 1.23. The van der Waals surface area contributed by atoms with Crippen molar-refractivity contribution in [3.8, 4) is 40.4 Å². The predicted octanol–water partition coefficient (Wildman–Crippen LogP) is 9.84. The Morgan fingerprint density at radius 2 is 1.77 bits per heavy atom. The van der Waals surface area contributed by atoms with Crippen LogP contribution >= 0.6 is 0 Å². The number of halogens is 2. The first kappa shape index (κ1) is 45.4. The summed E-state index contributed by atoms with van der Waals surface area (Å²) in [6, 6.07) is 8.82. The molecule has 1 amide bonds. The van der Waals surface area contributed by atoms with Gasteiger partial charge >= 0.3 is 12.1 Å². The number of hydrogen-bond acceptors (Lipinski definition) is 11. The summed E-state index contributed by atoms with van der Waals surface area (Å²) in [5.41, 5.74) is 5.18. The highest BCUT2D eigenvalue weighted by atomic mass is 28.3. The van der Waals surface area contributed by atoms with Crippen LogP contribution in [0, 0.1) is 17.3 Å². The van der Waals surface area contributed by atoms with Crippen LogP contribution in [-0.4, -0.2) is 121 Å². The maximum atomic E-state index is 18.1. The number of amides is 1. The number of carbonyl (C=O) groups is 1. The van der Waals surface area contributed by atoms with Crippen molar-refractivity contribution in [1.29, 1.82) is 0 Å². The molecular weight excluding hydrogens is 847 g/mol. The van der Waals surface area contributed by atoms with Gasteiger partial charge in [-0.25, -0.2) is 18.6 Å². The van der Waals surface area contributed by atoms with Crippen LogP contribution in [-0.2, 0) is 9.47 Å². The zero-order chi connectivity index (χ0) is 46.2. The molecule has 4 aromatic rings. The van der Waals surface area contributed by atoms with Gasteiger partial charge in [0.15, 0.2) is 12.6 Å². The van der Waals surface area contributed by atoms with E-state index in [9.17, 15) is 9.18 Å². The van der Waals surface area contributed by atoms with Crippen molar-refractivity contribution in [1.82, 2.24) is 24.8 Å². The van der Waals surface area contributed by atoms with Crippen LogP contribution in [0.25, 0.3) is 32.9 Å². The Morgan fingerprint density at radius 1 is 1.00 bits per heavy atom. The van der Waals surface area contributed by atoms with Gasteiger partial charge in [-0.2, -0.15) is 9.97 Å². The van der Waals surface area contributed by atoms with Crippen LogP contribution in [0.1, 0.15) is 100.0 Å². The molecule has 4 saturated heterocycles. The van der Waals surface area contributed by atoms with E-state index in [0.29, 0.717) is 58.7 Å². The summed E-state index contributed by atoms with van der Waals surface area (Å²) in [5, 5.41) is 1.85. The summed E-state index contributed by atoms with van der Waals surface area (Å²) < 4.78 is 63.6. The second-order valence-electron chi connectivity index (χ2n) is 20.8. The molecule has 0 unspecified atom stereocenters. The molecular formula is C50H64F2N6O6Si. The first-order valence-electron chi connectivity index (χ1n) is 23.5. The third-order valence-electron chi connectivity index (χ3n) is 14.8. The zero-order valence-corrected chi connectivity index (χ0v) is 40.6. The molecule has 0 spiro atoms. The molecule has 0 saturated carbocycles. The SMILES string of the molecule is COCOc1cc(-c2nc3c4c(nc(OC[C@]56CCCN5C[C@H](F)C6)nc4c2F)N2C[C@@H]4CC[C@H]([C@H]2CO3)N4C(=O)OC(C)(C)C)c2c(C#C[Si](C(C)C)(C(C)C)C(C)C)cccc2c1. The minimum atomic E-state index is -2.17. The predicted molar refractivity (Wildman–Crippen MR) is 251 cm³/mol. The molecule has 5 atom stereocenters. The number of nitrogens with zero attached hydrogens (tertiary/aromatic N) is 6. The maximum absolute atomic E-state index is 18.1. The third kappa shape index (κ3) is 7.94. The molecule has 0 radical (unpaired) electrons. The number of piperazine rings is 1. The Hall–Kier alpha value is -4.78. The van der Waals surface area contributed by atoms with Gasteiger partial charge in [0.05, 0.1) is 23.7 Å². The van der Waals surface area contributed by atoms with Gasteiger partial charge in [0.1, 0.15) is 61.2 Å². The van der Waals surface area contributed by atoms with E-state index in [1.165, 1.54) is 0 Å². The molecule has 65 heavy (non-hydrogen) atoms. The van der Waals surface area contributed by atoms with E-state index in [1.807, 2.05) is 49.9 Å². The fourth-order valence-electron chi connectivity index (χ4n) is 12.1. The van der Waals surface area contributed by atoms with Gasteiger partial charge in [-0.15, -0.1) is 5.54 Å². The number of rotatable bonds is 10. The van der Waals surface area contributed by atoms with Crippen molar-refractivity contribution in [3.05, 3.63) is 41.7 Å². The molecule has 0 N–H and O–H groups in total. The first-order chi connectivity index (χ1) is 30.9. The molecule has 2 aromatic carbocycles. The number of methoxy groups -OCH3 is 1. The number of fused-ring (bicyclic) bond motifs is 7. The van der Waals surface area contributed by atoms with Crippen LogP contribution in [0.4, 0.5) is 19.4 Å². The summed E-state index contributed by atoms with van der Waals surface area (Å²) in [4.78, 5) is 34.9. The molecule has 0 aliphatic carbocycles. The van der Waals surface area contributed by atoms with Crippen LogP contribution in [0.3, 0.4) is 0 Å². The van der Waals surface area contributed by atoms with Crippen molar-refractivity contribution in [2.45, 2.75) is 146 Å². The van der Waals surface area contributed by atoms with Crippen LogP contribution in [0.5, 0.6) is 17.6 Å². The van der Waals surface area contributed by atoms with E-state index < -0.39 is 31.2 Å². The van der Waals surface area contributed by atoms with Gasteiger partial charge in [0.25, 0.3) is 0 Å². The highest BCUT2D eigenvalue weighted by Crippen LogP contribution is 2.48. The third-order valence-corrected chi connectivity index (χ3v) is 21.1. The molecule has 2 aromatic heterocycles. The van der Waals surface area contributed by atoms with Crippen LogP contribution in [0.2, 0.25) is 16.6 Å². The molecule has 7 heterocycles. The minimum Gasteiger partial charge on any atom is -0.475 e. The second-order valence-corrected chi connectivity index (χ2v) is 26.4. The van der Waals surface area contributed by atoms with Gasteiger partial charge in [0, 0.05) is 43.1 Å². The van der Waals surface area contributed by atoms with E-state index in [-0.39, 0.29) is 67.3 Å². The Kier molecular flexibility index (Phi) is 12.0. The van der Waals surface area contributed by atoms with E-state index in [4.69, 9.17) is 38.6 Å². The van der Waals surface area contributed by atoms with E-state index >= 15 is 4.39 Å². The highest BCUT2D eigenvalue weighted by Gasteiger charge is 2.53. The summed E-state index contributed by atoms with van der Waals surface area (Å²) in [5.74, 6) is 4.05. The molecule has 12 nitrogen and oxygen atoms in total. The normalized spacial score (nSPS) is 24.0. The van der Waals surface area contributed by atoms with E-state index in [2.05, 4.69) is 62.8 Å². The van der Waals surface area contributed by atoms with Gasteiger partial charge in [-0.1, -0.05) is 59.6 Å². The average molecular weight is 911 g/mol. The van der Waals surface area contributed by atoms with Crippen molar-refractivity contribution in [2.24, 2.45) is 0 Å². The van der Waals surface area contributed by atoms with Gasteiger partial charge in [-0.3, -0.25) is 9.80 Å². The lowest BCUT2D eigenvalue weighted by atomic mass is 9.95. The Morgan fingerprint density at radius 3 is 2.49 bits per heavy atom. The molecule has 15 heteroatoms. The monoisotopic (exact) mass is 910 g/mol. The molecule has 2 bridgehead atoms. The Labute approximate surface area is 382 Å². The molecule has 9 rings (SSSR count). The van der Waals surface area contributed by atoms with E-state index in [0.717, 1.165) is 48.6 Å². The van der Waals surface area contributed by atoms with Crippen molar-refractivity contribution < 1.29 is 37.3 Å². The average Bonchev–Trinajstić information content (AvgIpc) is 3.85. The topological polar surface area (TPSA) is 112 Å². The fourth-order valence-corrected chi connectivity index (χ4v) is 17.3. The van der Waals surface area contributed by atoms with Gasteiger partial charge in [-0.05, 0) is 93.2 Å². The van der Waals surface area contributed by atoms with Gasteiger partial charge in [0.2, 0.25) is 5.88 Å². The first-order valence-corrected chi connectivity index (χ1v) is 25.7. The fraction of sp³-hybridized carbons (Fsp3) is 0.600. The number of ether oxygens (including phenoxy) is 5. The van der Waals surface area contributed by atoms with Crippen LogP contribution in [0.15, 0.2) is 30.3 Å². The summed E-state index contributed by atoms with van der Waals surface area (Å²) in [7, 11) is -0.624. The number of aromatic nitrogens is 3. The van der Waals surface area contributed by atoms with Gasteiger partial charge < -0.3 is 28.6 Å². The number of carbonyl (C=O) groups excluding carboxylic acids is 1. The highest BCUT2D eigenvalue weighted by molar-refractivity contribution is 6.90. The molecule has 4 fully saturated rings. The Bertz CT molecular complexity index is 2540. The lowest BCUT2D eigenvalue weighted by Crippen LogP contribution is -2.63. The van der Waals surface area contributed by atoms with Crippen LogP contribution < -0.4 is 19.1 Å². The number of hydrogen-bond donors (Lipinski definition) is 0. The lowest BCUT2D eigenvalue weighted by molar-refractivity contribution is 0.00537. The summed E-state index contributed by atoms with van der Waals surface area (Å²) in [6.45, 7) is 21.2. The molecule has 5 aliphatic rings. The van der Waals surface area contributed by atoms with E-state index in [1.54, 1.807) is 13.2 Å². The standard InChI is InChI=1S/C50H64F2N6O6Si/c1-29(2)65(30(3)4,31(5)6)20-17-32-13-11-14-33-21-36(63-28-60-10)22-37(40(32)33)43-42(52)44-41-45(55-47(54-44)62-27-50-18-12-19-56(50)24-34(51)23-50)57-25-35-15-16-38(39(57)26-61-46(41)53-43)58(35)48(59)64-49(7,8)9/h11,13-14,21-22,29-31,34-35,38-39H,12,15-16,18-19,23-28H2,1-10H3/t34-,35+,38-,39-,50-/m1/s1. The zero-order valence-electron chi connectivity index (χ0n) is 39.6. The largest absolute Gasteiger partial charge is 0.475 e. The van der Waals surface area contributed by atoms with Crippen molar-refractivity contribution in [2.75, 3.05) is 51.7 Å². The smallest absolute Gasteiger partial charge is 0.410 e. The van der Waals surface area contributed by atoms with Crippen molar-refractivity contribution in [3.63, 3.8) is 0 Å². The second kappa shape index (κ2) is 17.1. The molecule has 348 valence electrons. The minimum absolute atomic E-state index is 0.00564. The summed E-state index contributed by atoms with van der Waals surface area (Å²) >= 11 is 0. The number of anilines is 1. The number of benzene rings is 2. The molecule has 5 aliphatic heterocycles. The lowest BCUT2D eigenvalue weighted by Gasteiger charge is -2.46. The number of alkyl halides is 1. The summed E-state index contributed by atoms with van der Waals surface area (Å²) in [6.07, 6.45) is 2.29. The quantitative estimate of drug-likeness (QED) is 0.0862. The number of pyridine rings is 1. The maximum Gasteiger partial charge on any atom is 0.410 e.